The van der Waals surface area contributed by atoms with Gasteiger partial charge in [-0.05, 0) is 103 Å². The van der Waals surface area contributed by atoms with Crippen molar-refractivity contribution in [2.24, 2.45) is 0 Å². The number of carbonyl (C=O) groups is 2. The van der Waals surface area contributed by atoms with Crippen LogP contribution in [0.25, 0.3) is 0 Å². The summed E-state index contributed by atoms with van der Waals surface area (Å²) < 4.78 is 17.7. The highest BCUT2D eigenvalue weighted by molar-refractivity contribution is 5.80. The Bertz CT molecular complexity index is 1860. The Morgan fingerprint density at radius 3 is 1.20 bits per heavy atom. The fourth-order valence-corrected chi connectivity index (χ4v) is 11.5. The van der Waals surface area contributed by atoms with Crippen molar-refractivity contribution >= 4 is 11.9 Å². The molecule has 91 heavy (non-hydrogen) atoms. The van der Waals surface area contributed by atoms with Gasteiger partial charge in [0.1, 0.15) is 24.4 Å². The van der Waals surface area contributed by atoms with Gasteiger partial charge in [-0.3, -0.25) is 9.59 Å². The van der Waals surface area contributed by atoms with Gasteiger partial charge in [0.2, 0.25) is 5.91 Å². The highest BCUT2D eigenvalue weighted by Crippen LogP contribution is 2.26. The van der Waals surface area contributed by atoms with Crippen molar-refractivity contribution in [1.29, 1.82) is 0 Å². The van der Waals surface area contributed by atoms with Crippen LogP contribution in [0.4, 0.5) is 0 Å². The molecule has 8 atom stereocenters. The van der Waals surface area contributed by atoms with E-state index in [-0.39, 0.29) is 19.4 Å². The number of hydrogen-bond acceptors (Lipinski definition) is 10. The highest BCUT2D eigenvalue weighted by Gasteiger charge is 2.47. The summed E-state index contributed by atoms with van der Waals surface area (Å²) in [4.78, 5) is 26.7. The molecule has 11 nitrogen and oxygen atoms in total. The molecular formula is C80H141NO10. The van der Waals surface area contributed by atoms with Crippen LogP contribution in [0.3, 0.4) is 0 Å². The van der Waals surface area contributed by atoms with Crippen LogP contribution in [0.5, 0.6) is 0 Å². The number of aliphatic hydroxyl groups is 5. The first-order chi connectivity index (χ1) is 44.7. The van der Waals surface area contributed by atoms with Crippen molar-refractivity contribution in [3.8, 4) is 0 Å². The Kier molecular flexibility index (Phi) is 62.6. The van der Waals surface area contributed by atoms with Gasteiger partial charge in [-0.2, -0.15) is 0 Å². The standard InChI is InChI=1S/C80H141NO10/c1-4-7-10-13-16-19-22-25-27-29-31-33-35-36-37-38-39-41-43-45-47-50-53-56-59-62-65-68-75(85)91-78-77(87)76(86)74(69-82)90-80(78)89-70-71(72(83)66-63-60-57-54-51-48-24-21-18-15-12-9-6-3)81-79(88)73(84)67-64-61-58-55-52-49-46-44-42-40-34-32-30-28-26-23-20-17-14-11-8-5-2/h8,11,17,20,25-28,32,34,42,44,49,52,63,66,71-74,76-78,80,82-84,86-87H,4-7,9-10,12-16,18-19,21-24,29-31,33,35-41,43,45-48,50-51,53-62,64-65,67-70H2,1-3H3,(H,81,88)/b11-8-,20-17-,27-25+,28-26-,34-32-,44-42-,52-49-,66-63+. The molecule has 526 valence electrons. The van der Waals surface area contributed by atoms with E-state index in [0.29, 0.717) is 12.8 Å². The Morgan fingerprint density at radius 2 is 0.791 bits per heavy atom. The first-order valence-electron chi connectivity index (χ1n) is 38.0. The van der Waals surface area contributed by atoms with Crippen LogP contribution >= 0.6 is 0 Å². The monoisotopic (exact) mass is 1280 g/mol. The molecule has 1 fully saturated rings. The Hall–Kier alpha value is -3.42. The summed E-state index contributed by atoms with van der Waals surface area (Å²) in [7, 11) is 0. The van der Waals surface area contributed by atoms with Crippen LogP contribution < -0.4 is 5.32 Å². The first kappa shape index (κ1) is 85.6. The third kappa shape index (κ3) is 53.5. The number of ether oxygens (including phenoxy) is 3. The number of amides is 1. The van der Waals surface area contributed by atoms with Crippen LogP contribution in [0, 0.1) is 0 Å². The molecule has 0 radical (unpaired) electrons. The number of nitrogens with one attached hydrogen (secondary N) is 1. The summed E-state index contributed by atoms with van der Waals surface area (Å²) in [5.41, 5.74) is 0. The summed E-state index contributed by atoms with van der Waals surface area (Å²) in [6.45, 7) is 5.70. The SMILES string of the molecule is CC/C=C\C/C=C\C/C=C\C/C=C\C/C=C\C/C=C\CCCCCC(O)C(=O)NC(COC1OC(CO)C(O)C(O)C1OC(=O)CCCCCCCCCCCCCCCCCCC/C=C/CCCCCCCC)C(O)/C=C/CCCCCCCCCCCCC. The molecule has 0 aromatic rings. The molecule has 0 saturated carbocycles. The van der Waals surface area contributed by atoms with E-state index in [9.17, 15) is 35.1 Å². The summed E-state index contributed by atoms with van der Waals surface area (Å²) in [5, 5.41) is 57.3. The lowest BCUT2D eigenvalue weighted by atomic mass is 9.99. The summed E-state index contributed by atoms with van der Waals surface area (Å²) in [6, 6.07) is -1.04. The van der Waals surface area contributed by atoms with Crippen molar-refractivity contribution in [1.82, 2.24) is 5.32 Å². The third-order valence-electron chi connectivity index (χ3n) is 17.5. The normalized spacial score (nSPS) is 18.5. The Balaban J connectivity index is 2.56. The molecule has 0 spiro atoms. The van der Waals surface area contributed by atoms with Gasteiger partial charge >= 0.3 is 5.97 Å². The lowest BCUT2D eigenvalue weighted by molar-refractivity contribution is -0.305. The zero-order valence-electron chi connectivity index (χ0n) is 58.7. The maximum Gasteiger partial charge on any atom is 0.306 e. The second-order valence-electron chi connectivity index (χ2n) is 26.0. The smallest absolute Gasteiger partial charge is 0.306 e. The molecule has 1 amide bonds. The van der Waals surface area contributed by atoms with Crippen LogP contribution in [-0.4, -0.2) is 99.6 Å². The number of carbonyl (C=O) groups excluding carboxylic acids is 2. The van der Waals surface area contributed by atoms with Crippen LogP contribution in [0.1, 0.15) is 335 Å². The van der Waals surface area contributed by atoms with E-state index in [2.05, 4.69) is 111 Å². The van der Waals surface area contributed by atoms with Gasteiger partial charge in [-0.25, -0.2) is 0 Å². The predicted octanol–water partition coefficient (Wildman–Crippen LogP) is 20.2. The zero-order chi connectivity index (χ0) is 66.0. The number of rotatable bonds is 65. The zero-order valence-corrected chi connectivity index (χ0v) is 58.7. The lowest BCUT2D eigenvalue weighted by Crippen LogP contribution is -2.61. The van der Waals surface area contributed by atoms with Crippen molar-refractivity contribution in [2.45, 2.75) is 384 Å². The molecule has 1 rings (SSSR count). The molecule has 0 aliphatic carbocycles. The Morgan fingerprint density at radius 1 is 0.440 bits per heavy atom. The Labute approximate surface area is 558 Å². The number of unbranched alkanes of at least 4 members (excludes halogenated alkanes) is 37. The number of hydrogen-bond donors (Lipinski definition) is 6. The maximum atomic E-state index is 13.5. The van der Waals surface area contributed by atoms with Gasteiger partial charge < -0.3 is 45.1 Å². The average Bonchev–Trinajstić information content (AvgIpc) is 1.05. The van der Waals surface area contributed by atoms with Crippen molar-refractivity contribution in [3.05, 3.63) is 97.2 Å². The van der Waals surface area contributed by atoms with E-state index >= 15 is 0 Å². The largest absolute Gasteiger partial charge is 0.454 e. The van der Waals surface area contributed by atoms with E-state index in [1.54, 1.807) is 6.08 Å². The fraction of sp³-hybridized carbons (Fsp3) is 0.775. The minimum absolute atomic E-state index is 0.119. The van der Waals surface area contributed by atoms with Crippen molar-refractivity contribution < 1.29 is 49.3 Å². The summed E-state index contributed by atoms with van der Waals surface area (Å²) >= 11 is 0. The van der Waals surface area contributed by atoms with Gasteiger partial charge in [0.25, 0.3) is 0 Å². The van der Waals surface area contributed by atoms with Crippen LogP contribution in [-0.2, 0) is 23.8 Å². The second-order valence-corrected chi connectivity index (χ2v) is 26.0. The molecule has 0 aromatic heterocycles. The molecule has 0 bridgehead atoms. The topological polar surface area (TPSA) is 175 Å². The van der Waals surface area contributed by atoms with E-state index in [0.717, 1.165) is 96.3 Å². The average molecular weight is 1280 g/mol. The molecule has 1 aliphatic rings. The molecule has 1 saturated heterocycles. The molecule has 1 aliphatic heterocycles. The van der Waals surface area contributed by atoms with Gasteiger partial charge in [0, 0.05) is 6.42 Å². The highest BCUT2D eigenvalue weighted by atomic mass is 16.7. The number of esters is 1. The molecule has 1 heterocycles. The molecular weight excluding hydrogens is 1130 g/mol. The third-order valence-corrected chi connectivity index (χ3v) is 17.5. The van der Waals surface area contributed by atoms with Gasteiger partial charge in [-0.15, -0.1) is 0 Å². The first-order valence-corrected chi connectivity index (χ1v) is 38.0. The number of aliphatic hydroxyl groups excluding tert-OH is 5. The second kappa shape index (κ2) is 66.6. The molecule has 8 unspecified atom stereocenters. The van der Waals surface area contributed by atoms with Crippen molar-refractivity contribution in [2.75, 3.05) is 13.2 Å². The molecule has 11 heteroatoms. The van der Waals surface area contributed by atoms with Crippen LogP contribution in [0.15, 0.2) is 97.2 Å². The lowest BCUT2D eigenvalue weighted by Gasteiger charge is -2.41. The van der Waals surface area contributed by atoms with E-state index in [1.165, 1.54) is 193 Å². The molecule has 6 N–H and O–H groups in total. The summed E-state index contributed by atoms with van der Waals surface area (Å²) in [5.74, 6) is -1.21. The predicted molar refractivity (Wildman–Crippen MR) is 384 cm³/mol. The van der Waals surface area contributed by atoms with E-state index in [4.69, 9.17) is 14.2 Å². The summed E-state index contributed by atoms with van der Waals surface area (Å²) in [6.07, 6.45) is 80.3. The fourth-order valence-electron chi connectivity index (χ4n) is 11.5. The van der Waals surface area contributed by atoms with Gasteiger partial charge in [0.15, 0.2) is 12.4 Å². The number of allylic oxidation sites excluding steroid dienone is 15. The van der Waals surface area contributed by atoms with Crippen LogP contribution in [0.2, 0.25) is 0 Å². The van der Waals surface area contributed by atoms with E-state index in [1.807, 2.05) is 6.08 Å². The minimum Gasteiger partial charge on any atom is -0.454 e. The maximum absolute atomic E-state index is 13.5. The minimum atomic E-state index is -1.62. The quantitative estimate of drug-likeness (QED) is 0.0195. The van der Waals surface area contributed by atoms with Crippen molar-refractivity contribution in [3.63, 3.8) is 0 Å². The molecule has 0 aromatic carbocycles. The van der Waals surface area contributed by atoms with Gasteiger partial charge in [-0.1, -0.05) is 323 Å². The van der Waals surface area contributed by atoms with E-state index < -0.39 is 67.4 Å². The van der Waals surface area contributed by atoms with Gasteiger partial charge in [0.05, 0.1) is 25.4 Å².